The smallest absolute Gasteiger partial charge is 0.354 e. The zero-order chi connectivity index (χ0) is 13.1. The van der Waals surface area contributed by atoms with Crippen molar-refractivity contribution in [3.05, 3.63) is 22.0 Å². The van der Waals surface area contributed by atoms with Crippen molar-refractivity contribution in [3.63, 3.8) is 0 Å². The Hall–Kier alpha value is -1.36. The molecule has 4 nitrogen and oxygen atoms in total. The molecule has 0 atom stereocenters. The first-order valence-electron chi connectivity index (χ1n) is 6.16. The highest BCUT2D eigenvalue weighted by Crippen LogP contribution is 2.35. The number of rotatable bonds is 1. The van der Waals surface area contributed by atoms with Gasteiger partial charge in [-0.05, 0) is 19.3 Å². The third-order valence-corrected chi connectivity index (χ3v) is 4.53. The number of nitrogens with zero attached hydrogens (tertiary/aromatic N) is 2. The van der Waals surface area contributed by atoms with E-state index >= 15 is 0 Å². The highest BCUT2D eigenvalue weighted by Gasteiger charge is 2.31. The average molecular weight is 264 g/mol. The molecule has 3 rings (SSSR count). The summed E-state index contributed by atoms with van der Waals surface area (Å²) in [6.45, 7) is 6.02. The Morgan fingerprint density at radius 1 is 1.39 bits per heavy atom. The van der Waals surface area contributed by atoms with Gasteiger partial charge in [-0.2, -0.15) is 0 Å². The average Bonchev–Trinajstić information content (AvgIpc) is 2.82. The maximum absolute atomic E-state index is 11.6. The zero-order valence-corrected chi connectivity index (χ0v) is 11.6. The molecule has 0 fully saturated rings. The van der Waals surface area contributed by atoms with E-state index in [4.69, 9.17) is 0 Å². The van der Waals surface area contributed by atoms with Crippen LogP contribution in [0, 0.1) is 0 Å². The van der Waals surface area contributed by atoms with Crippen LogP contribution in [0.3, 0.4) is 0 Å². The number of carboxylic acid groups (broad SMARTS) is 1. The van der Waals surface area contributed by atoms with E-state index in [2.05, 4.69) is 4.98 Å². The van der Waals surface area contributed by atoms with Crippen molar-refractivity contribution in [2.75, 3.05) is 0 Å². The van der Waals surface area contributed by atoms with E-state index in [1.165, 1.54) is 4.88 Å². The summed E-state index contributed by atoms with van der Waals surface area (Å²) in [5, 5.41) is 9.51. The van der Waals surface area contributed by atoms with Crippen molar-refractivity contribution in [1.82, 2.24) is 9.38 Å². The van der Waals surface area contributed by atoms with E-state index < -0.39 is 5.97 Å². The number of aryl methyl sites for hydroxylation is 2. The number of thiazole rings is 1. The number of hydrogen-bond acceptors (Lipinski definition) is 3. The third kappa shape index (κ3) is 1.50. The van der Waals surface area contributed by atoms with Crippen LogP contribution < -0.4 is 0 Å². The highest BCUT2D eigenvalue weighted by atomic mass is 32.1. The molecule has 0 unspecified atom stereocenters. The fourth-order valence-electron chi connectivity index (χ4n) is 2.60. The molecule has 0 saturated heterocycles. The van der Waals surface area contributed by atoms with Crippen molar-refractivity contribution in [2.45, 2.75) is 45.4 Å². The SMILES string of the molecule is CC(C)(C)c1nc2sc3c(n2c1C(=O)O)CCC3. The fourth-order valence-corrected chi connectivity index (χ4v) is 3.80. The molecule has 0 radical (unpaired) electrons. The molecule has 1 aliphatic rings. The van der Waals surface area contributed by atoms with E-state index in [-0.39, 0.29) is 5.41 Å². The maximum Gasteiger partial charge on any atom is 0.354 e. The molecule has 0 amide bonds. The molecule has 0 saturated carbocycles. The van der Waals surface area contributed by atoms with Crippen LogP contribution in [0.5, 0.6) is 0 Å². The zero-order valence-electron chi connectivity index (χ0n) is 10.8. The van der Waals surface area contributed by atoms with Gasteiger partial charge in [0.2, 0.25) is 0 Å². The molecule has 18 heavy (non-hydrogen) atoms. The van der Waals surface area contributed by atoms with Crippen LogP contribution >= 0.6 is 11.3 Å². The number of aromatic nitrogens is 2. The van der Waals surface area contributed by atoms with Gasteiger partial charge in [-0.15, -0.1) is 11.3 Å². The van der Waals surface area contributed by atoms with Gasteiger partial charge in [0.1, 0.15) is 0 Å². The minimum atomic E-state index is -0.875. The topological polar surface area (TPSA) is 54.6 Å². The largest absolute Gasteiger partial charge is 0.477 e. The van der Waals surface area contributed by atoms with Gasteiger partial charge < -0.3 is 5.11 Å². The second kappa shape index (κ2) is 3.57. The summed E-state index contributed by atoms with van der Waals surface area (Å²) in [6.07, 6.45) is 3.15. The summed E-state index contributed by atoms with van der Waals surface area (Å²) in [5.74, 6) is -0.875. The van der Waals surface area contributed by atoms with E-state index in [1.807, 2.05) is 25.2 Å². The second-order valence-corrected chi connectivity index (χ2v) is 6.87. The van der Waals surface area contributed by atoms with Gasteiger partial charge in [-0.3, -0.25) is 4.40 Å². The minimum absolute atomic E-state index is 0.245. The summed E-state index contributed by atoms with van der Waals surface area (Å²) in [5.41, 5.74) is 1.97. The van der Waals surface area contributed by atoms with E-state index in [9.17, 15) is 9.90 Å². The van der Waals surface area contributed by atoms with Crippen molar-refractivity contribution < 1.29 is 9.90 Å². The molecule has 96 valence electrons. The molecule has 1 aliphatic carbocycles. The van der Waals surface area contributed by atoms with Crippen LogP contribution in [-0.4, -0.2) is 20.5 Å². The van der Waals surface area contributed by atoms with Crippen LogP contribution in [0.2, 0.25) is 0 Å². The highest BCUT2D eigenvalue weighted by molar-refractivity contribution is 7.17. The lowest BCUT2D eigenvalue weighted by Gasteiger charge is -2.16. The first kappa shape index (κ1) is 11.7. The number of imidazole rings is 1. The molecule has 2 aromatic rings. The molecular formula is C13H16N2O2S. The number of carboxylic acids is 1. The summed E-state index contributed by atoms with van der Waals surface area (Å²) in [7, 11) is 0. The fraction of sp³-hybridized carbons (Fsp3) is 0.538. The standard InChI is InChI=1S/C13H16N2O2S/c1-13(2,3)10-9(11(16)17)15-7-5-4-6-8(7)18-12(15)14-10/h4-6H2,1-3H3,(H,16,17). The monoisotopic (exact) mass is 264 g/mol. The molecule has 0 aromatic carbocycles. The molecule has 0 spiro atoms. The number of carbonyl (C=O) groups is 1. The number of hydrogen-bond donors (Lipinski definition) is 1. The molecule has 0 aliphatic heterocycles. The lowest BCUT2D eigenvalue weighted by Crippen LogP contribution is -2.18. The Kier molecular flexibility index (Phi) is 2.32. The summed E-state index contributed by atoms with van der Waals surface area (Å²) >= 11 is 1.64. The summed E-state index contributed by atoms with van der Waals surface area (Å²) in [6, 6.07) is 0. The molecule has 1 N–H and O–H groups in total. The Bertz CT molecular complexity index is 646. The van der Waals surface area contributed by atoms with E-state index in [0.717, 1.165) is 29.9 Å². The van der Waals surface area contributed by atoms with Crippen LogP contribution in [0.25, 0.3) is 4.96 Å². The quantitative estimate of drug-likeness (QED) is 0.861. The number of aromatic carboxylic acids is 1. The molecule has 2 aromatic heterocycles. The minimum Gasteiger partial charge on any atom is -0.477 e. The van der Waals surface area contributed by atoms with Crippen molar-refractivity contribution in [3.8, 4) is 0 Å². The van der Waals surface area contributed by atoms with Crippen LogP contribution in [0.1, 0.15) is 53.9 Å². The predicted octanol–water partition coefficient (Wildman–Crippen LogP) is 2.88. The van der Waals surface area contributed by atoms with Crippen LogP contribution in [0.4, 0.5) is 0 Å². The maximum atomic E-state index is 11.6. The summed E-state index contributed by atoms with van der Waals surface area (Å²) < 4.78 is 1.87. The first-order valence-corrected chi connectivity index (χ1v) is 6.98. The Labute approximate surface area is 109 Å². The second-order valence-electron chi connectivity index (χ2n) is 5.81. The normalized spacial score (nSPS) is 15.3. The van der Waals surface area contributed by atoms with Crippen LogP contribution in [-0.2, 0) is 18.3 Å². The van der Waals surface area contributed by atoms with E-state index in [1.54, 1.807) is 11.3 Å². The Morgan fingerprint density at radius 3 is 2.72 bits per heavy atom. The van der Waals surface area contributed by atoms with Gasteiger partial charge in [0.25, 0.3) is 0 Å². The lowest BCUT2D eigenvalue weighted by molar-refractivity contribution is 0.0686. The predicted molar refractivity (Wildman–Crippen MR) is 70.8 cm³/mol. The van der Waals surface area contributed by atoms with Crippen molar-refractivity contribution >= 4 is 22.3 Å². The van der Waals surface area contributed by atoms with Gasteiger partial charge >= 0.3 is 5.97 Å². The first-order chi connectivity index (χ1) is 8.39. The van der Waals surface area contributed by atoms with E-state index in [0.29, 0.717) is 11.4 Å². The van der Waals surface area contributed by atoms with Crippen molar-refractivity contribution in [1.29, 1.82) is 0 Å². The van der Waals surface area contributed by atoms with Gasteiger partial charge in [-0.1, -0.05) is 20.8 Å². The number of fused-ring (bicyclic) bond motifs is 3. The van der Waals surface area contributed by atoms with Gasteiger partial charge in [0, 0.05) is 16.0 Å². The molecule has 2 heterocycles. The van der Waals surface area contributed by atoms with Gasteiger partial charge in [0.05, 0.1) is 5.69 Å². The van der Waals surface area contributed by atoms with Crippen LogP contribution in [0.15, 0.2) is 0 Å². The lowest BCUT2D eigenvalue weighted by atomic mass is 9.90. The third-order valence-electron chi connectivity index (χ3n) is 3.38. The molecule has 0 bridgehead atoms. The summed E-state index contributed by atoms with van der Waals surface area (Å²) in [4.78, 5) is 18.3. The Morgan fingerprint density at radius 2 is 2.11 bits per heavy atom. The van der Waals surface area contributed by atoms with Gasteiger partial charge in [-0.25, -0.2) is 9.78 Å². The Balaban J connectivity index is 2.37. The van der Waals surface area contributed by atoms with Gasteiger partial charge in [0.15, 0.2) is 10.7 Å². The molecule has 5 heteroatoms. The molecular weight excluding hydrogens is 248 g/mol. The van der Waals surface area contributed by atoms with Crippen molar-refractivity contribution in [2.24, 2.45) is 0 Å².